The van der Waals surface area contributed by atoms with Crippen LogP contribution in [0.1, 0.15) is 20.3 Å². The van der Waals surface area contributed by atoms with E-state index in [1.807, 2.05) is 0 Å². The SMILES string of the molecule is C=C(C)C(=O)OCC1CO1.C=C(C)C(=O)OCCCO. The molecule has 1 fully saturated rings. The molecule has 0 aromatic heterocycles. The lowest BCUT2D eigenvalue weighted by atomic mass is 10.4. The van der Waals surface area contributed by atoms with Crippen LogP contribution in [0, 0.1) is 0 Å². The van der Waals surface area contributed by atoms with E-state index in [1.165, 1.54) is 0 Å². The van der Waals surface area contributed by atoms with Crippen molar-refractivity contribution in [1.29, 1.82) is 0 Å². The lowest BCUT2D eigenvalue weighted by molar-refractivity contribution is -0.140. The lowest BCUT2D eigenvalue weighted by Crippen LogP contribution is -2.09. The van der Waals surface area contributed by atoms with E-state index in [9.17, 15) is 9.59 Å². The maximum Gasteiger partial charge on any atom is 0.333 e. The molecule has 0 aromatic carbocycles. The van der Waals surface area contributed by atoms with Gasteiger partial charge in [-0.15, -0.1) is 0 Å². The van der Waals surface area contributed by atoms with Gasteiger partial charge in [0.25, 0.3) is 0 Å². The van der Waals surface area contributed by atoms with E-state index in [0.717, 1.165) is 0 Å². The average molecular weight is 286 g/mol. The Kier molecular flexibility index (Phi) is 9.32. The average Bonchev–Trinajstić information content (AvgIpc) is 3.20. The summed E-state index contributed by atoms with van der Waals surface area (Å²) >= 11 is 0. The molecule has 1 unspecified atom stereocenters. The molecule has 0 saturated carbocycles. The van der Waals surface area contributed by atoms with Gasteiger partial charge in [0, 0.05) is 24.2 Å². The Bertz CT molecular complexity index is 357. The summed E-state index contributed by atoms with van der Waals surface area (Å²) in [5.74, 6) is -0.732. The topological polar surface area (TPSA) is 85.4 Å². The molecule has 1 N–H and O–H groups in total. The van der Waals surface area contributed by atoms with Crippen LogP contribution in [0.4, 0.5) is 0 Å². The van der Waals surface area contributed by atoms with Crippen molar-refractivity contribution in [3.63, 3.8) is 0 Å². The molecule has 1 atom stereocenters. The summed E-state index contributed by atoms with van der Waals surface area (Å²) in [6.07, 6.45) is 0.627. The molecule has 0 aromatic rings. The second kappa shape index (κ2) is 10.2. The van der Waals surface area contributed by atoms with E-state index >= 15 is 0 Å². The zero-order valence-electron chi connectivity index (χ0n) is 12.0. The Morgan fingerprint density at radius 3 is 2.10 bits per heavy atom. The summed E-state index contributed by atoms with van der Waals surface area (Å²) in [6.45, 7) is 11.4. The fourth-order valence-electron chi connectivity index (χ4n) is 0.809. The zero-order chi connectivity index (χ0) is 15.5. The Labute approximate surface area is 119 Å². The van der Waals surface area contributed by atoms with Crippen molar-refractivity contribution in [2.45, 2.75) is 26.4 Å². The minimum atomic E-state index is -0.395. The fourth-order valence-corrected chi connectivity index (χ4v) is 0.809. The highest BCUT2D eigenvalue weighted by atomic mass is 16.6. The van der Waals surface area contributed by atoms with Crippen LogP contribution in [0.5, 0.6) is 0 Å². The second-order valence-electron chi connectivity index (χ2n) is 4.33. The van der Waals surface area contributed by atoms with Gasteiger partial charge in [-0.05, 0) is 13.8 Å². The first kappa shape index (κ1) is 18.3. The number of carbonyl (C=O) groups is 2. The number of aliphatic hydroxyl groups is 1. The molecule has 1 rings (SSSR count). The van der Waals surface area contributed by atoms with Crippen LogP contribution < -0.4 is 0 Å². The standard InChI is InChI=1S/C7H10O3.C7H12O3/c1-5(2)7(8)10-4-6-3-9-6;1-6(2)7(9)10-5-3-4-8/h6H,1,3-4H2,2H3;8H,1,3-5H2,2H3. The molecule has 0 spiro atoms. The van der Waals surface area contributed by atoms with Gasteiger partial charge in [0.1, 0.15) is 12.7 Å². The minimum Gasteiger partial charge on any atom is -0.462 e. The first-order valence-electron chi connectivity index (χ1n) is 6.26. The van der Waals surface area contributed by atoms with E-state index in [0.29, 0.717) is 30.8 Å². The normalized spacial score (nSPS) is 15.4. The molecular formula is C14H22O6. The second-order valence-corrected chi connectivity index (χ2v) is 4.33. The molecular weight excluding hydrogens is 264 g/mol. The van der Waals surface area contributed by atoms with Crippen molar-refractivity contribution in [2.24, 2.45) is 0 Å². The first-order chi connectivity index (χ1) is 9.38. The van der Waals surface area contributed by atoms with Gasteiger partial charge in [0.05, 0.1) is 13.2 Å². The van der Waals surface area contributed by atoms with E-state index in [2.05, 4.69) is 17.9 Å². The summed E-state index contributed by atoms with van der Waals surface area (Å²) in [4.78, 5) is 21.3. The number of aliphatic hydroxyl groups excluding tert-OH is 1. The summed E-state index contributed by atoms with van der Waals surface area (Å²) in [6, 6.07) is 0. The van der Waals surface area contributed by atoms with Crippen LogP contribution in [0.2, 0.25) is 0 Å². The minimum absolute atomic E-state index is 0.0451. The summed E-state index contributed by atoms with van der Waals surface area (Å²) < 4.78 is 14.2. The highest BCUT2D eigenvalue weighted by Gasteiger charge is 2.24. The molecule has 114 valence electrons. The molecule has 6 heteroatoms. The molecule has 20 heavy (non-hydrogen) atoms. The number of ether oxygens (including phenoxy) is 3. The largest absolute Gasteiger partial charge is 0.462 e. The predicted molar refractivity (Wildman–Crippen MR) is 73.0 cm³/mol. The highest BCUT2D eigenvalue weighted by molar-refractivity contribution is 5.87. The summed E-state index contributed by atoms with van der Waals surface area (Å²) in [7, 11) is 0. The van der Waals surface area contributed by atoms with Crippen LogP contribution in [-0.2, 0) is 23.8 Å². The predicted octanol–water partition coefficient (Wildman–Crippen LogP) is 0.993. The van der Waals surface area contributed by atoms with Gasteiger partial charge < -0.3 is 19.3 Å². The Morgan fingerprint density at radius 2 is 1.70 bits per heavy atom. The van der Waals surface area contributed by atoms with Crippen molar-refractivity contribution in [1.82, 2.24) is 0 Å². The van der Waals surface area contributed by atoms with E-state index in [-0.39, 0.29) is 25.3 Å². The summed E-state index contributed by atoms with van der Waals surface area (Å²) in [5.41, 5.74) is 0.818. The summed E-state index contributed by atoms with van der Waals surface area (Å²) in [5, 5.41) is 8.30. The number of carbonyl (C=O) groups excluding carboxylic acids is 2. The van der Waals surface area contributed by atoms with E-state index in [1.54, 1.807) is 13.8 Å². The molecule has 1 aliphatic heterocycles. The number of esters is 2. The third-order valence-electron chi connectivity index (χ3n) is 2.04. The Hall–Kier alpha value is -1.66. The van der Waals surface area contributed by atoms with Gasteiger partial charge in [-0.1, -0.05) is 13.2 Å². The van der Waals surface area contributed by atoms with Gasteiger partial charge in [-0.2, -0.15) is 0 Å². The molecule has 6 nitrogen and oxygen atoms in total. The van der Waals surface area contributed by atoms with Crippen molar-refractivity contribution in [2.75, 3.05) is 26.4 Å². The lowest BCUT2D eigenvalue weighted by Gasteiger charge is -2.00. The third kappa shape index (κ3) is 10.3. The van der Waals surface area contributed by atoms with Gasteiger partial charge in [-0.25, -0.2) is 9.59 Å². The van der Waals surface area contributed by atoms with E-state index in [4.69, 9.17) is 14.6 Å². The molecule has 0 radical (unpaired) electrons. The van der Waals surface area contributed by atoms with Crippen molar-refractivity contribution < 1.29 is 28.9 Å². The monoisotopic (exact) mass is 286 g/mol. The van der Waals surface area contributed by atoms with Gasteiger partial charge in [-0.3, -0.25) is 0 Å². The maximum atomic E-state index is 10.7. The first-order valence-corrected chi connectivity index (χ1v) is 6.26. The van der Waals surface area contributed by atoms with Crippen LogP contribution in [0.25, 0.3) is 0 Å². The molecule has 1 aliphatic rings. The number of hydrogen-bond donors (Lipinski definition) is 1. The molecule has 1 heterocycles. The van der Waals surface area contributed by atoms with Crippen LogP contribution in [0.15, 0.2) is 24.3 Å². The van der Waals surface area contributed by atoms with Crippen LogP contribution >= 0.6 is 0 Å². The molecule has 0 aliphatic carbocycles. The number of epoxide rings is 1. The van der Waals surface area contributed by atoms with Crippen molar-refractivity contribution >= 4 is 11.9 Å². The molecule has 0 bridgehead atoms. The Morgan fingerprint density at radius 1 is 1.20 bits per heavy atom. The Balaban J connectivity index is 0.000000361. The van der Waals surface area contributed by atoms with Gasteiger partial charge in [0.2, 0.25) is 0 Å². The fraction of sp³-hybridized carbons (Fsp3) is 0.571. The number of rotatable bonds is 7. The zero-order valence-corrected chi connectivity index (χ0v) is 12.0. The maximum absolute atomic E-state index is 10.7. The van der Waals surface area contributed by atoms with Crippen molar-refractivity contribution in [3.05, 3.63) is 24.3 Å². The van der Waals surface area contributed by atoms with E-state index < -0.39 is 5.97 Å². The smallest absolute Gasteiger partial charge is 0.333 e. The van der Waals surface area contributed by atoms with Crippen LogP contribution in [0.3, 0.4) is 0 Å². The quantitative estimate of drug-likeness (QED) is 0.325. The van der Waals surface area contributed by atoms with Gasteiger partial charge in [0.15, 0.2) is 0 Å². The third-order valence-corrected chi connectivity index (χ3v) is 2.04. The van der Waals surface area contributed by atoms with Gasteiger partial charge >= 0.3 is 11.9 Å². The number of hydrogen-bond acceptors (Lipinski definition) is 6. The van der Waals surface area contributed by atoms with Crippen molar-refractivity contribution in [3.8, 4) is 0 Å². The molecule has 1 saturated heterocycles. The highest BCUT2D eigenvalue weighted by Crippen LogP contribution is 2.09. The molecule has 0 amide bonds. The van der Waals surface area contributed by atoms with Crippen LogP contribution in [-0.4, -0.2) is 49.6 Å².